The lowest BCUT2D eigenvalue weighted by Crippen LogP contribution is -2.12. The number of esters is 1. The van der Waals surface area contributed by atoms with Crippen molar-refractivity contribution < 1.29 is 36.6 Å². The van der Waals surface area contributed by atoms with Crippen molar-refractivity contribution in [3.05, 3.63) is 107 Å². The number of halogens is 4. The van der Waals surface area contributed by atoms with Crippen molar-refractivity contribution in [2.75, 3.05) is 13.7 Å². The van der Waals surface area contributed by atoms with Gasteiger partial charge in [-0.15, -0.1) is 0 Å². The molecule has 0 amide bonds. The molecule has 0 saturated heterocycles. The van der Waals surface area contributed by atoms with Gasteiger partial charge in [0.1, 0.15) is 11.5 Å². The van der Waals surface area contributed by atoms with Crippen LogP contribution < -0.4 is 9.47 Å². The van der Waals surface area contributed by atoms with E-state index in [1.807, 2.05) is 0 Å². The molecule has 4 nitrogen and oxygen atoms in total. The minimum atomic E-state index is -1.35. The Bertz CT molecular complexity index is 1420. The molecule has 0 aliphatic carbocycles. The van der Waals surface area contributed by atoms with E-state index in [1.54, 1.807) is 31.2 Å². The summed E-state index contributed by atoms with van der Waals surface area (Å²) in [5.41, 5.74) is 0.237. The molecule has 0 aliphatic rings. The van der Waals surface area contributed by atoms with Crippen molar-refractivity contribution >= 4 is 5.97 Å². The van der Waals surface area contributed by atoms with E-state index in [1.165, 1.54) is 49.6 Å². The van der Waals surface area contributed by atoms with Crippen LogP contribution in [0.5, 0.6) is 11.5 Å². The van der Waals surface area contributed by atoms with E-state index in [4.69, 9.17) is 14.2 Å². The number of ether oxygens (including phenoxy) is 3. The van der Waals surface area contributed by atoms with Crippen LogP contribution in [0.4, 0.5) is 17.6 Å². The molecule has 4 rings (SSSR count). The fourth-order valence-electron chi connectivity index (χ4n) is 3.70. The van der Waals surface area contributed by atoms with Gasteiger partial charge in [0.25, 0.3) is 0 Å². The van der Waals surface area contributed by atoms with E-state index in [0.29, 0.717) is 23.5 Å². The number of carbonyl (C=O) groups excluding carboxylic acids is 1. The topological polar surface area (TPSA) is 44.8 Å². The Morgan fingerprint density at radius 3 is 1.78 bits per heavy atom. The summed E-state index contributed by atoms with van der Waals surface area (Å²) in [6, 6.07) is 17.2. The SMILES string of the molecule is CCOCc1ccc(-c2ccc(OC(=O)c3ccc(-c4ccc(OC)cc4)c(F)c3F)cc2)c(F)c1F. The Morgan fingerprint density at radius 1 is 0.676 bits per heavy atom. The van der Waals surface area contributed by atoms with Crippen LogP contribution in [0.2, 0.25) is 0 Å². The average molecular weight is 510 g/mol. The van der Waals surface area contributed by atoms with Crippen LogP contribution in [-0.2, 0) is 11.3 Å². The molecule has 4 aromatic rings. The Kier molecular flexibility index (Phi) is 7.89. The first kappa shape index (κ1) is 25.9. The van der Waals surface area contributed by atoms with E-state index in [0.717, 1.165) is 6.07 Å². The zero-order valence-corrected chi connectivity index (χ0v) is 20.0. The van der Waals surface area contributed by atoms with Crippen LogP contribution in [0.15, 0.2) is 72.8 Å². The van der Waals surface area contributed by atoms with Gasteiger partial charge in [-0.1, -0.05) is 42.5 Å². The van der Waals surface area contributed by atoms with E-state index in [-0.39, 0.29) is 29.0 Å². The summed E-state index contributed by atoms with van der Waals surface area (Å²) >= 11 is 0. The molecule has 8 heteroatoms. The maximum absolute atomic E-state index is 14.7. The molecule has 190 valence electrons. The molecule has 0 heterocycles. The van der Waals surface area contributed by atoms with Crippen molar-refractivity contribution in [1.82, 2.24) is 0 Å². The third kappa shape index (κ3) is 5.49. The summed E-state index contributed by atoms with van der Waals surface area (Å²) in [5.74, 6) is -5.11. The van der Waals surface area contributed by atoms with Gasteiger partial charge in [-0.3, -0.25) is 0 Å². The van der Waals surface area contributed by atoms with Gasteiger partial charge in [0, 0.05) is 23.3 Å². The van der Waals surface area contributed by atoms with Gasteiger partial charge in [-0.05, 0) is 48.4 Å². The number of benzene rings is 4. The Balaban J connectivity index is 1.51. The fourth-order valence-corrected chi connectivity index (χ4v) is 3.70. The summed E-state index contributed by atoms with van der Waals surface area (Å²) in [4.78, 5) is 12.5. The first-order valence-electron chi connectivity index (χ1n) is 11.3. The van der Waals surface area contributed by atoms with Crippen LogP contribution in [0.25, 0.3) is 22.3 Å². The van der Waals surface area contributed by atoms with Gasteiger partial charge in [-0.25, -0.2) is 22.4 Å². The van der Waals surface area contributed by atoms with Crippen molar-refractivity contribution in [1.29, 1.82) is 0 Å². The Labute approximate surface area is 211 Å². The first-order valence-corrected chi connectivity index (χ1v) is 11.3. The number of methoxy groups -OCH3 is 1. The van der Waals surface area contributed by atoms with Gasteiger partial charge in [0.15, 0.2) is 23.3 Å². The second kappa shape index (κ2) is 11.3. The maximum atomic E-state index is 14.7. The largest absolute Gasteiger partial charge is 0.497 e. The van der Waals surface area contributed by atoms with E-state index in [9.17, 15) is 22.4 Å². The number of hydrogen-bond donors (Lipinski definition) is 0. The van der Waals surface area contributed by atoms with Crippen LogP contribution in [0, 0.1) is 23.3 Å². The van der Waals surface area contributed by atoms with Gasteiger partial charge < -0.3 is 14.2 Å². The van der Waals surface area contributed by atoms with Crippen molar-refractivity contribution in [2.45, 2.75) is 13.5 Å². The lowest BCUT2D eigenvalue weighted by Gasteiger charge is -2.11. The van der Waals surface area contributed by atoms with Gasteiger partial charge in [0.2, 0.25) is 0 Å². The normalized spacial score (nSPS) is 10.9. The number of carbonyl (C=O) groups is 1. The van der Waals surface area contributed by atoms with Crippen LogP contribution >= 0.6 is 0 Å². The number of rotatable bonds is 8. The molecule has 0 N–H and O–H groups in total. The molecule has 37 heavy (non-hydrogen) atoms. The summed E-state index contributed by atoms with van der Waals surface area (Å²) in [6.07, 6.45) is 0. The maximum Gasteiger partial charge on any atom is 0.346 e. The highest BCUT2D eigenvalue weighted by Crippen LogP contribution is 2.30. The van der Waals surface area contributed by atoms with Crippen molar-refractivity contribution in [2.24, 2.45) is 0 Å². The molecule has 0 bridgehead atoms. The lowest BCUT2D eigenvalue weighted by atomic mass is 10.0. The molecular formula is C29H22F4O4. The Hall–Kier alpha value is -4.17. The minimum Gasteiger partial charge on any atom is -0.497 e. The second-order valence-electron chi connectivity index (χ2n) is 7.97. The Morgan fingerprint density at radius 2 is 1.22 bits per heavy atom. The van der Waals surface area contributed by atoms with Gasteiger partial charge in [-0.2, -0.15) is 0 Å². The van der Waals surface area contributed by atoms with Crippen LogP contribution in [0.3, 0.4) is 0 Å². The van der Waals surface area contributed by atoms with Gasteiger partial charge >= 0.3 is 5.97 Å². The van der Waals surface area contributed by atoms with Crippen LogP contribution in [0.1, 0.15) is 22.8 Å². The molecule has 0 atom stereocenters. The molecule has 0 aliphatic heterocycles. The highest BCUT2D eigenvalue weighted by atomic mass is 19.2. The summed E-state index contributed by atoms with van der Waals surface area (Å²) < 4.78 is 73.8. The minimum absolute atomic E-state index is 0.0119. The van der Waals surface area contributed by atoms with Crippen LogP contribution in [-0.4, -0.2) is 19.7 Å². The predicted molar refractivity (Wildman–Crippen MR) is 130 cm³/mol. The van der Waals surface area contributed by atoms with E-state index >= 15 is 0 Å². The average Bonchev–Trinajstić information content (AvgIpc) is 2.91. The molecule has 0 fully saturated rings. The molecular weight excluding hydrogens is 488 g/mol. The molecule has 0 radical (unpaired) electrons. The quantitative estimate of drug-likeness (QED) is 0.141. The second-order valence-corrected chi connectivity index (χ2v) is 7.97. The van der Waals surface area contributed by atoms with Gasteiger partial charge in [0.05, 0.1) is 19.3 Å². The smallest absolute Gasteiger partial charge is 0.346 e. The highest BCUT2D eigenvalue weighted by molar-refractivity contribution is 5.92. The van der Waals surface area contributed by atoms with E-state index < -0.39 is 34.8 Å². The zero-order valence-electron chi connectivity index (χ0n) is 20.0. The third-order valence-corrected chi connectivity index (χ3v) is 5.70. The molecule has 0 spiro atoms. The standard InChI is InChI=1S/C29H22F4O4/c1-3-36-16-19-8-13-22(26(31)25(19)30)18-6-11-21(12-7-18)37-29(34)24-15-14-23(27(32)28(24)33)17-4-9-20(35-2)10-5-17/h4-15H,3,16H2,1-2H3. The molecule has 0 saturated carbocycles. The summed E-state index contributed by atoms with van der Waals surface area (Å²) in [7, 11) is 1.49. The predicted octanol–water partition coefficient (Wildman–Crippen LogP) is 7.34. The number of hydrogen-bond acceptors (Lipinski definition) is 4. The van der Waals surface area contributed by atoms with E-state index in [2.05, 4.69) is 0 Å². The molecule has 0 aromatic heterocycles. The van der Waals surface area contributed by atoms with Crippen molar-refractivity contribution in [3.63, 3.8) is 0 Å². The molecule has 4 aromatic carbocycles. The van der Waals surface area contributed by atoms with Crippen molar-refractivity contribution in [3.8, 4) is 33.8 Å². The first-order chi connectivity index (χ1) is 17.8. The highest BCUT2D eigenvalue weighted by Gasteiger charge is 2.21. The summed E-state index contributed by atoms with van der Waals surface area (Å²) in [5, 5.41) is 0. The monoisotopic (exact) mass is 510 g/mol. The third-order valence-electron chi connectivity index (χ3n) is 5.70. The molecule has 0 unspecified atom stereocenters. The zero-order chi connectivity index (χ0) is 26.5. The summed E-state index contributed by atoms with van der Waals surface area (Å²) in [6.45, 7) is 2.07. The fraction of sp³-hybridized carbons (Fsp3) is 0.138. The lowest BCUT2D eigenvalue weighted by molar-refractivity contribution is 0.0728.